The topological polar surface area (TPSA) is 74.2 Å². The highest BCUT2D eigenvalue weighted by Crippen LogP contribution is 2.14. The van der Waals surface area contributed by atoms with Crippen molar-refractivity contribution < 1.29 is 34.3 Å². The number of ether oxygens (including phenoxy) is 4. The van der Waals surface area contributed by atoms with Gasteiger partial charge in [-0.2, -0.15) is 0 Å². The number of esters is 1. The molecule has 3 rings (SSSR count). The smallest absolute Gasteiger partial charge is 0.337 e. The van der Waals surface area contributed by atoms with Crippen LogP contribution in [0.2, 0.25) is 0 Å². The van der Waals surface area contributed by atoms with Crippen molar-refractivity contribution in [2.24, 2.45) is 0 Å². The van der Waals surface area contributed by atoms with E-state index in [9.17, 15) is 4.79 Å². The van der Waals surface area contributed by atoms with Crippen LogP contribution in [0.4, 0.5) is 0 Å². The average molecular weight is 465 g/mol. The summed E-state index contributed by atoms with van der Waals surface area (Å²) < 4.78 is 47.7. The van der Waals surface area contributed by atoms with E-state index in [1.807, 2.05) is 0 Å². The largest absolute Gasteiger partial charge is 0.497 e. The first-order valence-electron chi connectivity index (χ1n) is 11.3. The van der Waals surface area contributed by atoms with Gasteiger partial charge in [0.25, 0.3) is 0 Å². The van der Waals surface area contributed by atoms with Gasteiger partial charge in [0.1, 0.15) is 17.2 Å². The van der Waals surface area contributed by atoms with Crippen LogP contribution < -0.4 is 14.2 Å². The minimum atomic E-state index is -2.30. The molecule has 32 heavy (non-hydrogen) atoms. The standard InChI is InChI=1S/C9H10O3.C8H9ClO.C8H10O2/c1-11-8-5-3-4-7(6-8)9(10)12-2;2*1-10-8-4-2-3-7(5-8)6-9/h3-6H,1-2H3;2-5H,6H2,1H3;2-5,9H,6H2,1H3/i;2*6D2. The van der Waals surface area contributed by atoms with E-state index < -0.39 is 12.4 Å². The van der Waals surface area contributed by atoms with E-state index in [-0.39, 0.29) is 11.5 Å². The number of hydrogen-bond acceptors (Lipinski definition) is 6. The zero-order valence-corrected chi connectivity index (χ0v) is 19.1. The molecule has 0 bridgehead atoms. The summed E-state index contributed by atoms with van der Waals surface area (Å²) in [7, 11) is 5.92. The Labute approximate surface area is 199 Å². The molecule has 0 spiro atoms. The Bertz CT molecular complexity index is 1040. The number of alkyl halides is 1. The highest BCUT2D eigenvalue weighted by Gasteiger charge is 2.04. The highest BCUT2D eigenvalue weighted by atomic mass is 35.5. The zero-order chi connectivity index (χ0) is 27.4. The third-order valence-electron chi connectivity index (χ3n) is 3.87. The maximum Gasteiger partial charge on any atom is 0.337 e. The summed E-state index contributed by atoms with van der Waals surface area (Å²) >= 11 is 5.47. The first-order chi connectivity index (χ1) is 16.8. The number of rotatable bonds is 6. The SMILES string of the molecule is COC(=O)c1cccc(OC)c1.[2H]C([2H])(Cl)c1cccc(OC)c1.[2H]C([2H])(O)c1cccc(OC)c1. The van der Waals surface area contributed by atoms with Crippen LogP contribution in [-0.4, -0.2) is 39.5 Å². The third kappa shape index (κ3) is 9.73. The Balaban J connectivity index is 0.000000270. The molecule has 3 aromatic carbocycles. The minimum absolute atomic E-state index is 0.196. The summed E-state index contributed by atoms with van der Waals surface area (Å²) in [6, 6.07) is 19.7. The van der Waals surface area contributed by atoms with E-state index in [1.165, 1.54) is 33.5 Å². The molecule has 0 radical (unpaired) electrons. The molecule has 0 atom stereocenters. The maximum absolute atomic E-state index is 11.0. The maximum atomic E-state index is 11.0. The van der Waals surface area contributed by atoms with Gasteiger partial charge in [-0.1, -0.05) is 30.3 Å². The van der Waals surface area contributed by atoms with Crippen LogP contribution in [0.25, 0.3) is 0 Å². The molecule has 0 amide bonds. The lowest BCUT2D eigenvalue weighted by Gasteiger charge is -2.01. The lowest BCUT2D eigenvalue weighted by Crippen LogP contribution is -2.00. The molecular weight excluding hydrogens is 432 g/mol. The Kier molecular flexibility index (Phi) is 10.1. The summed E-state index contributed by atoms with van der Waals surface area (Å²) in [6.45, 7) is -2.30. The molecule has 172 valence electrons. The summed E-state index contributed by atoms with van der Waals surface area (Å²) in [6.07, 6.45) is 0. The fourth-order valence-electron chi connectivity index (χ4n) is 2.24. The van der Waals surface area contributed by atoms with Crippen molar-refractivity contribution in [3.63, 3.8) is 0 Å². The molecule has 0 heterocycles. The molecule has 6 nitrogen and oxygen atoms in total. The van der Waals surface area contributed by atoms with E-state index in [2.05, 4.69) is 4.74 Å². The molecule has 7 heteroatoms. The fraction of sp³-hybridized carbons (Fsp3) is 0.240. The summed E-state index contributed by atoms with van der Waals surface area (Å²) in [5, 5.41) is 8.99. The van der Waals surface area contributed by atoms with Crippen molar-refractivity contribution in [3.05, 3.63) is 89.5 Å². The third-order valence-corrected chi connectivity index (χ3v) is 4.09. The molecule has 1 N–H and O–H groups in total. The van der Waals surface area contributed by atoms with E-state index in [0.717, 1.165) is 0 Å². The van der Waals surface area contributed by atoms with Gasteiger partial charge in [0, 0.05) is 8.57 Å². The number of methoxy groups -OCH3 is 4. The van der Waals surface area contributed by atoms with Crippen LogP contribution in [-0.2, 0) is 17.1 Å². The molecule has 0 aliphatic rings. The summed E-state index contributed by atoms with van der Waals surface area (Å²) in [4.78, 5) is 11.0. The van der Waals surface area contributed by atoms with Gasteiger partial charge in [0.2, 0.25) is 0 Å². The predicted molar refractivity (Wildman–Crippen MR) is 126 cm³/mol. The van der Waals surface area contributed by atoms with Crippen LogP contribution in [0.1, 0.15) is 27.0 Å². The van der Waals surface area contributed by atoms with Gasteiger partial charge in [0.15, 0.2) is 0 Å². The second-order valence-corrected chi connectivity index (χ2v) is 6.08. The van der Waals surface area contributed by atoms with Crippen LogP contribution in [0.5, 0.6) is 17.2 Å². The van der Waals surface area contributed by atoms with Gasteiger partial charge in [-0.25, -0.2) is 4.79 Å². The molecule has 0 aromatic heterocycles. The Morgan fingerprint density at radius 2 is 1.28 bits per heavy atom. The summed E-state index contributed by atoms with van der Waals surface area (Å²) in [5.41, 5.74) is 1.10. The average Bonchev–Trinajstić information content (AvgIpc) is 2.88. The molecule has 0 aliphatic carbocycles. The second kappa shape index (κ2) is 15.6. The van der Waals surface area contributed by atoms with Gasteiger partial charge in [-0.15, -0.1) is 11.6 Å². The van der Waals surface area contributed by atoms with E-state index >= 15 is 0 Å². The molecule has 0 saturated carbocycles. The number of aliphatic hydroxyl groups is 1. The molecule has 0 unspecified atom stereocenters. The van der Waals surface area contributed by atoms with Gasteiger partial charge in [-0.3, -0.25) is 0 Å². The van der Waals surface area contributed by atoms with Gasteiger partial charge in [0.05, 0.1) is 43.3 Å². The van der Waals surface area contributed by atoms with Crippen LogP contribution in [0, 0.1) is 0 Å². The van der Waals surface area contributed by atoms with Crippen molar-refractivity contribution in [1.82, 2.24) is 0 Å². The molecule has 0 aliphatic heterocycles. The molecule has 3 aromatic rings. The van der Waals surface area contributed by atoms with Crippen LogP contribution >= 0.6 is 11.6 Å². The summed E-state index contributed by atoms with van der Waals surface area (Å²) in [5.74, 6) is -0.386. The first-order valence-corrected chi connectivity index (χ1v) is 9.66. The van der Waals surface area contributed by atoms with E-state index in [0.29, 0.717) is 28.4 Å². The quantitative estimate of drug-likeness (QED) is 0.404. The number of halogens is 1. The van der Waals surface area contributed by atoms with E-state index in [4.69, 9.17) is 36.4 Å². The Hall–Kier alpha value is -3.22. The lowest BCUT2D eigenvalue weighted by molar-refractivity contribution is 0.0600. The van der Waals surface area contributed by atoms with Crippen molar-refractivity contribution >= 4 is 17.6 Å². The van der Waals surface area contributed by atoms with Crippen LogP contribution in [0.15, 0.2) is 72.8 Å². The van der Waals surface area contributed by atoms with Gasteiger partial charge in [-0.05, 0) is 53.6 Å². The van der Waals surface area contributed by atoms with Crippen molar-refractivity contribution in [1.29, 1.82) is 0 Å². The normalized spacial score (nSPS) is 12.1. The van der Waals surface area contributed by atoms with Gasteiger partial charge < -0.3 is 24.1 Å². The predicted octanol–water partition coefficient (Wildman–Crippen LogP) is 5.10. The number of benzene rings is 3. The molecular formula is C25H29ClO6. The zero-order valence-electron chi connectivity index (χ0n) is 22.3. The Morgan fingerprint density at radius 3 is 1.75 bits per heavy atom. The van der Waals surface area contributed by atoms with E-state index in [1.54, 1.807) is 67.8 Å². The van der Waals surface area contributed by atoms with Crippen molar-refractivity contribution in [2.45, 2.75) is 12.4 Å². The second-order valence-electron chi connectivity index (χ2n) is 5.89. The first kappa shape index (κ1) is 20.7. The monoisotopic (exact) mass is 464 g/mol. The molecule has 0 saturated heterocycles. The fourth-order valence-corrected chi connectivity index (χ4v) is 2.36. The number of carbonyl (C=O) groups is 1. The van der Waals surface area contributed by atoms with Crippen LogP contribution in [0.3, 0.4) is 0 Å². The van der Waals surface area contributed by atoms with Crippen molar-refractivity contribution in [3.8, 4) is 17.2 Å². The number of carbonyl (C=O) groups excluding carboxylic acids is 1. The van der Waals surface area contributed by atoms with Crippen molar-refractivity contribution in [2.75, 3.05) is 28.4 Å². The highest BCUT2D eigenvalue weighted by molar-refractivity contribution is 6.17. The lowest BCUT2D eigenvalue weighted by atomic mass is 10.2. The minimum Gasteiger partial charge on any atom is -0.497 e. The van der Waals surface area contributed by atoms with Gasteiger partial charge >= 0.3 is 5.97 Å². The molecule has 0 fully saturated rings. The Morgan fingerprint density at radius 1 is 0.812 bits per heavy atom. The number of hydrogen-bond donors (Lipinski definition) is 1.